The molecule has 196 valence electrons. The zero-order valence-electron chi connectivity index (χ0n) is 20.2. The van der Waals surface area contributed by atoms with Gasteiger partial charge < -0.3 is 20.9 Å². The van der Waals surface area contributed by atoms with Gasteiger partial charge in [0.15, 0.2) is 0 Å². The molecule has 0 aromatic heterocycles. The monoisotopic (exact) mass is 539 g/mol. The Kier molecular flexibility index (Phi) is 8.85. The lowest BCUT2D eigenvalue weighted by molar-refractivity contribution is -0.137. The third kappa shape index (κ3) is 7.17. The highest BCUT2D eigenvalue weighted by Crippen LogP contribution is 2.31. The number of halogens is 4. The molecule has 36 heavy (non-hydrogen) atoms. The zero-order valence-corrected chi connectivity index (χ0v) is 21.8. The molecule has 10 heteroatoms. The molecule has 2 heterocycles. The molecule has 0 bridgehead atoms. The molecule has 0 saturated carbocycles. The highest BCUT2D eigenvalue weighted by Gasteiger charge is 2.30. The second-order valence-corrected chi connectivity index (χ2v) is 10.4. The van der Waals surface area contributed by atoms with E-state index in [-0.39, 0.29) is 0 Å². The van der Waals surface area contributed by atoms with Crippen LogP contribution in [0.25, 0.3) is 0 Å². The van der Waals surface area contributed by atoms with E-state index in [1.807, 2.05) is 18.2 Å². The van der Waals surface area contributed by atoms with Gasteiger partial charge in [-0.25, -0.2) is 0 Å². The number of nitrogens with one attached hydrogen (secondary N) is 1. The van der Waals surface area contributed by atoms with Crippen molar-refractivity contribution < 1.29 is 13.2 Å². The number of alkyl halides is 3. The van der Waals surface area contributed by atoms with E-state index in [0.717, 1.165) is 100.0 Å². The van der Waals surface area contributed by atoms with E-state index in [0.29, 0.717) is 16.8 Å². The van der Waals surface area contributed by atoms with Crippen LogP contribution in [0.3, 0.4) is 0 Å². The molecule has 2 aliphatic heterocycles. The molecule has 0 aliphatic carbocycles. The molecular weight excluding hydrogens is 507 g/mol. The standard InChI is InChI=1S/C26H33ClF3N5S/c27-23-18-21(5-8-24(23)31)32-20-9-12-35(13-10-20)25(36)2-1-11-33-14-16-34(17-15-33)22-6-3-19(4-7-22)26(28,29)30/h3-8,18,20,32H,1-2,9-17,31H2. The molecule has 2 aromatic rings. The van der Waals surface area contributed by atoms with Crippen LogP contribution in [-0.2, 0) is 6.18 Å². The number of piperidine rings is 1. The maximum atomic E-state index is 12.8. The summed E-state index contributed by atoms with van der Waals surface area (Å²) in [5.41, 5.74) is 7.62. The number of benzene rings is 2. The topological polar surface area (TPSA) is 47.8 Å². The molecule has 0 spiro atoms. The Hall–Kier alpha value is -2.23. The summed E-state index contributed by atoms with van der Waals surface area (Å²) in [4.78, 5) is 7.92. The van der Waals surface area contributed by atoms with Crippen molar-refractivity contribution in [2.75, 3.05) is 61.8 Å². The second kappa shape index (κ2) is 11.9. The van der Waals surface area contributed by atoms with Crippen molar-refractivity contribution in [3.63, 3.8) is 0 Å². The number of likely N-dealkylation sites (tertiary alicyclic amines) is 1. The lowest BCUT2D eigenvalue weighted by Crippen LogP contribution is -2.47. The van der Waals surface area contributed by atoms with Crippen molar-refractivity contribution in [1.29, 1.82) is 0 Å². The first-order valence-electron chi connectivity index (χ1n) is 12.4. The number of hydrogen-bond donors (Lipinski definition) is 2. The summed E-state index contributed by atoms with van der Waals surface area (Å²) in [5.74, 6) is 0. The van der Waals surface area contributed by atoms with Crippen molar-refractivity contribution in [3.8, 4) is 0 Å². The van der Waals surface area contributed by atoms with E-state index in [1.165, 1.54) is 0 Å². The summed E-state index contributed by atoms with van der Waals surface area (Å²) in [5, 5.41) is 4.12. The highest BCUT2D eigenvalue weighted by molar-refractivity contribution is 7.80. The molecule has 2 fully saturated rings. The molecule has 2 aliphatic rings. The highest BCUT2D eigenvalue weighted by atomic mass is 35.5. The van der Waals surface area contributed by atoms with Gasteiger partial charge in [-0.15, -0.1) is 0 Å². The number of hydrogen-bond acceptors (Lipinski definition) is 5. The SMILES string of the molecule is Nc1ccc(NC2CCN(C(=S)CCCN3CCN(c4ccc(C(F)(F)F)cc4)CC3)CC2)cc1Cl. The summed E-state index contributed by atoms with van der Waals surface area (Å²) in [7, 11) is 0. The third-order valence-corrected chi connectivity index (χ3v) is 7.81. The van der Waals surface area contributed by atoms with Crippen LogP contribution in [0, 0.1) is 0 Å². The van der Waals surface area contributed by atoms with Gasteiger partial charge in [0.05, 0.1) is 21.3 Å². The summed E-state index contributed by atoms with van der Waals surface area (Å²) >= 11 is 11.9. The minimum atomic E-state index is -4.29. The molecule has 0 unspecified atom stereocenters. The number of rotatable bonds is 7. The number of nitrogens with two attached hydrogens (primary N) is 1. The Balaban J connectivity index is 1.12. The van der Waals surface area contributed by atoms with Gasteiger partial charge in [-0.3, -0.25) is 4.90 Å². The van der Waals surface area contributed by atoms with Gasteiger partial charge in [0.2, 0.25) is 0 Å². The van der Waals surface area contributed by atoms with E-state index < -0.39 is 11.7 Å². The van der Waals surface area contributed by atoms with Gasteiger partial charge in [0.1, 0.15) is 0 Å². The maximum absolute atomic E-state index is 12.8. The Bertz CT molecular complexity index is 1020. The van der Waals surface area contributed by atoms with Crippen LogP contribution in [0.5, 0.6) is 0 Å². The van der Waals surface area contributed by atoms with Crippen LogP contribution in [0.15, 0.2) is 42.5 Å². The van der Waals surface area contributed by atoms with Crippen molar-refractivity contribution in [3.05, 3.63) is 53.1 Å². The van der Waals surface area contributed by atoms with E-state index in [2.05, 4.69) is 20.0 Å². The average molecular weight is 540 g/mol. The predicted molar refractivity (Wildman–Crippen MR) is 146 cm³/mol. The third-order valence-electron chi connectivity index (χ3n) is 7.02. The van der Waals surface area contributed by atoms with Gasteiger partial charge in [-0.2, -0.15) is 13.2 Å². The van der Waals surface area contributed by atoms with Crippen molar-refractivity contribution in [2.24, 2.45) is 0 Å². The number of nitrogens with zero attached hydrogens (tertiary/aromatic N) is 3. The van der Waals surface area contributed by atoms with Crippen LogP contribution >= 0.6 is 23.8 Å². The Morgan fingerprint density at radius 3 is 2.28 bits per heavy atom. The fraction of sp³-hybridized carbons (Fsp3) is 0.500. The first-order chi connectivity index (χ1) is 17.2. The second-order valence-electron chi connectivity index (χ2n) is 9.51. The molecular formula is C26H33ClF3N5S. The molecule has 0 amide bonds. The summed E-state index contributed by atoms with van der Waals surface area (Å²) in [6, 6.07) is 11.5. The van der Waals surface area contributed by atoms with E-state index >= 15 is 0 Å². The van der Waals surface area contributed by atoms with Gasteiger partial charge >= 0.3 is 6.18 Å². The minimum Gasteiger partial charge on any atom is -0.398 e. The molecule has 4 rings (SSSR count). The minimum absolute atomic E-state index is 0.393. The molecule has 5 nitrogen and oxygen atoms in total. The Labute approximate surface area is 221 Å². The fourth-order valence-corrected chi connectivity index (χ4v) is 5.34. The predicted octanol–water partition coefficient (Wildman–Crippen LogP) is 5.75. The lowest BCUT2D eigenvalue weighted by Gasteiger charge is -2.37. The van der Waals surface area contributed by atoms with E-state index in [1.54, 1.807) is 12.1 Å². The van der Waals surface area contributed by atoms with Crippen LogP contribution in [0.1, 0.15) is 31.2 Å². The summed E-state index contributed by atoms with van der Waals surface area (Å²) in [6.07, 6.45) is -0.333. The largest absolute Gasteiger partial charge is 0.416 e. The smallest absolute Gasteiger partial charge is 0.398 e. The molecule has 2 aromatic carbocycles. The summed E-state index contributed by atoms with van der Waals surface area (Å²) in [6.45, 7) is 6.32. The quantitative estimate of drug-likeness (QED) is 0.345. The van der Waals surface area contributed by atoms with Crippen LogP contribution in [0.2, 0.25) is 5.02 Å². The number of anilines is 3. The summed E-state index contributed by atoms with van der Waals surface area (Å²) < 4.78 is 38.4. The Morgan fingerprint density at radius 1 is 1.00 bits per heavy atom. The van der Waals surface area contributed by atoms with E-state index in [4.69, 9.17) is 29.6 Å². The van der Waals surface area contributed by atoms with E-state index in [9.17, 15) is 13.2 Å². The zero-order chi connectivity index (χ0) is 25.7. The average Bonchev–Trinajstić information content (AvgIpc) is 2.87. The fourth-order valence-electron chi connectivity index (χ4n) is 4.83. The van der Waals surface area contributed by atoms with Gasteiger partial charge in [-0.1, -0.05) is 23.8 Å². The van der Waals surface area contributed by atoms with Gasteiger partial charge in [0.25, 0.3) is 0 Å². The number of piperazine rings is 1. The van der Waals surface area contributed by atoms with Crippen LogP contribution < -0.4 is 16.0 Å². The first-order valence-corrected chi connectivity index (χ1v) is 13.2. The van der Waals surface area contributed by atoms with Crippen molar-refractivity contribution >= 4 is 45.9 Å². The number of thiocarbonyl (C=S) groups is 1. The lowest BCUT2D eigenvalue weighted by atomic mass is 10.0. The molecule has 0 radical (unpaired) electrons. The van der Waals surface area contributed by atoms with Crippen molar-refractivity contribution in [1.82, 2.24) is 9.80 Å². The Morgan fingerprint density at radius 2 is 1.67 bits per heavy atom. The first kappa shape index (κ1) is 26.8. The normalized spacial score (nSPS) is 17.9. The van der Waals surface area contributed by atoms with Crippen LogP contribution in [-0.4, -0.2) is 66.6 Å². The molecule has 2 saturated heterocycles. The molecule has 0 atom stereocenters. The molecule has 3 N–H and O–H groups in total. The maximum Gasteiger partial charge on any atom is 0.416 e. The number of nitrogen functional groups attached to an aromatic ring is 1. The van der Waals surface area contributed by atoms with Gasteiger partial charge in [0, 0.05) is 56.7 Å². The van der Waals surface area contributed by atoms with Crippen molar-refractivity contribution in [2.45, 2.75) is 37.9 Å². The van der Waals surface area contributed by atoms with Gasteiger partial charge in [-0.05, 0) is 74.7 Å². The van der Waals surface area contributed by atoms with Crippen LogP contribution in [0.4, 0.5) is 30.2 Å².